The standard InChI is InChI=1S/C21H21Cl2N3O3S/c1-5-8-26-20(14-10-17(27-2)19(29-4)18(11-14)28-3)24-25-21(26)30-12-13-6-7-15(22)16(23)9-13/h5-7,9-11H,1,8,12H2,2-4H3. The molecule has 1 heterocycles. The van der Waals surface area contributed by atoms with E-state index in [1.54, 1.807) is 45.2 Å². The molecule has 3 rings (SSSR count). The van der Waals surface area contributed by atoms with Crippen LogP contribution in [0.15, 0.2) is 48.1 Å². The van der Waals surface area contributed by atoms with E-state index >= 15 is 0 Å². The highest BCUT2D eigenvalue weighted by Gasteiger charge is 2.19. The fourth-order valence-electron chi connectivity index (χ4n) is 2.89. The van der Waals surface area contributed by atoms with Gasteiger partial charge in [0.05, 0.1) is 31.4 Å². The Hall–Kier alpha value is -2.35. The van der Waals surface area contributed by atoms with Crippen LogP contribution in [0.25, 0.3) is 11.4 Å². The molecule has 2 aromatic carbocycles. The molecule has 30 heavy (non-hydrogen) atoms. The van der Waals surface area contributed by atoms with Crippen LogP contribution in [0, 0.1) is 0 Å². The second-order valence-corrected chi connectivity index (χ2v) is 7.91. The maximum absolute atomic E-state index is 6.12. The Labute approximate surface area is 189 Å². The minimum absolute atomic E-state index is 0.521. The smallest absolute Gasteiger partial charge is 0.203 e. The first kappa shape index (κ1) is 22.3. The largest absolute Gasteiger partial charge is 0.493 e. The fraction of sp³-hybridized carbons (Fsp3) is 0.238. The van der Waals surface area contributed by atoms with Gasteiger partial charge in [0.1, 0.15) is 0 Å². The summed E-state index contributed by atoms with van der Waals surface area (Å²) in [5, 5.41) is 10.6. The molecule has 0 aliphatic carbocycles. The minimum Gasteiger partial charge on any atom is -0.493 e. The monoisotopic (exact) mass is 465 g/mol. The summed E-state index contributed by atoms with van der Waals surface area (Å²) < 4.78 is 18.3. The molecule has 0 atom stereocenters. The van der Waals surface area contributed by atoms with Crippen molar-refractivity contribution in [2.45, 2.75) is 17.5 Å². The van der Waals surface area contributed by atoms with Crippen molar-refractivity contribution < 1.29 is 14.2 Å². The molecule has 0 spiro atoms. The van der Waals surface area contributed by atoms with Crippen LogP contribution < -0.4 is 14.2 Å². The van der Waals surface area contributed by atoms with Gasteiger partial charge in [0, 0.05) is 17.9 Å². The molecule has 0 aliphatic heterocycles. The summed E-state index contributed by atoms with van der Waals surface area (Å²) in [5.41, 5.74) is 1.83. The molecule has 6 nitrogen and oxygen atoms in total. The summed E-state index contributed by atoms with van der Waals surface area (Å²) in [7, 11) is 4.72. The van der Waals surface area contributed by atoms with Gasteiger partial charge in [-0.2, -0.15) is 0 Å². The van der Waals surface area contributed by atoms with E-state index in [0.29, 0.717) is 45.4 Å². The van der Waals surface area contributed by atoms with Crippen molar-refractivity contribution in [3.8, 4) is 28.6 Å². The highest BCUT2D eigenvalue weighted by atomic mass is 35.5. The summed E-state index contributed by atoms with van der Waals surface area (Å²) in [5.74, 6) is 2.95. The molecule has 9 heteroatoms. The van der Waals surface area contributed by atoms with Crippen LogP contribution in [0.5, 0.6) is 17.2 Å². The van der Waals surface area contributed by atoms with Gasteiger partial charge >= 0.3 is 0 Å². The molecule has 0 unspecified atom stereocenters. The van der Waals surface area contributed by atoms with Crippen molar-refractivity contribution in [3.63, 3.8) is 0 Å². The van der Waals surface area contributed by atoms with Gasteiger partial charge in [0.25, 0.3) is 0 Å². The second-order valence-electron chi connectivity index (χ2n) is 6.16. The van der Waals surface area contributed by atoms with Gasteiger partial charge in [0.2, 0.25) is 5.75 Å². The average Bonchev–Trinajstić information content (AvgIpc) is 3.16. The van der Waals surface area contributed by atoms with Crippen LogP contribution in [0.2, 0.25) is 10.0 Å². The lowest BCUT2D eigenvalue weighted by Crippen LogP contribution is -2.02. The Morgan fingerprint density at radius 1 is 1.00 bits per heavy atom. The van der Waals surface area contributed by atoms with Gasteiger partial charge < -0.3 is 14.2 Å². The van der Waals surface area contributed by atoms with Gasteiger partial charge in [0.15, 0.2) is 22.5 Å². The van der Waals surface area contributed by atoms with E-state index in [1.165, 1.54) is 0 Å². The molecule has 158 valence electrons. The van der Waals surface area contributed by atoms with E-state index in [1.807, 2.05) is 28.8 Å². The number of allylic oxidation sites excluding steroid dienone is 1. The lowest BCUT2D eigenvalue weighted by Gasteiger charge is -2.14. The highest BCUT2D eigenvalue weighted by Crippen LogP contribution is 2.41. The van der Waals surface area contributed by atoms with Crippen molar-refractivity contribution in [1.82, 2.24) is 14.8 Å². The van der Waals surface area contributed by atoms with Gasteiger partial charge in [-0.25, -0.2) is 0 Å². The van der Waals surface area contributed by atoms with Crippen LogP contribution >= 0.6 is 35.0 Å². The van der Waals surface area contributed by atoms with Crippen molar-refractivity contribution in [2.24, 2.45) is 0 Å². The number of hydrogen-bond acceptors (Lipinski definition) is 6. The normalized spacial score (nSPS) is 10.7. The predicted octanol–water partition coefficient (Wildman–Crippen LogP) is 5.76. The van der Waals surface area contributed by atoms with Gasteiger partial charge in [-0.1, -0.05) is 47.1 Å². The van der Waals surface area contributed by atoms with Crippen molar-refractivity contribution >= 4 is 35.0 Å². The molecule has 0 N–H and O–H groups in total. The molecule has 0 radical (unpaired) electrons. The number of thioether (sulfide) groups is 1. The first-order valence-corrected chi connectivity index (χ1v) is 10.7. The van der Waals surface area contributed by atoms with Crippen LogP contribution in [0.4, 0.5) is 0 Å². The number of hydrogen-bond donors (Lipinski definition) is 0. The SMILES string of the molecule is C=CCn1c(SCc2ccc(Cl)c(Cl)c2)nnc1-c1cc(OC)c(OC)c(OC)c1. The second kappa shape index (κ2) is 10.1. The number of nitrogens with zero attached hydrogens (tertiary/aromatic N) is 3. The third-order valence-electron chi connectivity index (χ3n) is 4.30. The molecule has 0 amide bonds. The molecule has 0 fully saturated rings. The Bertz CT molecular complexity index is 1030. The lowest BCUT2D eigenvalue weighted by atomic mass is 10.1. The van der Waals surface area contributed by atoms with Crippen LogP contribution in [-0.2, 0) is 12.3 Å². The quantitative estimate of drug-likeness (QED) is 0.295. The Morgan fingerprint density at radius 3 is 2.27 bits per heavy atom. The van der Waals surface area contributed by atoms with Crippen LogP contribution in [-0.4, -0.2) is 36.1 Å². The Balaban J connectivity index is 1.96. The van der Waals surface area contributed by atoms with E-state index in [9.17, 15) is 0 Å². The van der Waals surface area contributed by atoms with Gasteiger partial charge in [-0.15, -0.1) is 16.8 Å². The van der Waals surface area contributed by atoms with E-state index in [2.05, 4.69) is 16.8 Å². The topological polar surface area (TPSA) is 58.4 Å². The summed E-state index contributed by atoms with van der Waals surface area (Å²) in [6, 6.07) is 9.27. The predicted molar refractivity (Wildman–Crippen MR) is 121 cm³/mol. The minimum atomic E-state index is 0.521. The average molecular weight is 466 g/mol. The Kier molecular flexibility index (Phi) is 7.53. The third kappa shape index (κ3) is 4.69. The zero-order valence-corrected chi connectivity index (χ0v) is 19.1. The molecule has 0 bridgehead atoms. The number of methoxy groups -OCH3 is 3. The van der Waals surface area contributed by atoms with E-state index in [0.717, 1.165) is 16.3 Å². The Morgan fingerprint density at radius 2 is 1.70 bits per heavy atom. The lowest BCUT2D eigenvalue weighted by molar-refractivity contribution is 0.324. The molecular weight excluding hydrogens is 445 g/mol. The number of halogens is 2. The summed E-state index contributed by atoms with van der Waals surface area (Å²) in [6.07, 6.45) is 1.80. The first-order chi connectivity index (χ1) is 14.5. The van der Waals surface area contributed by atoms with Crippen molar-refractivity contribution in [3.05, 3.63) is 58.6 Å². The summed E-state index contributed by atoms with van der Waals surface area (Å²) >= 11 is 13.7. The maximum atomic E-state index is 6.12. The van der Waals surface area contributed by atoms with E-state index in [-0.39, 0.29) is 0 Å². The molecule has 0 aliphatic rings. The summed E-state index contributed by atoms with van der Waals surface area (Å²) in [4.78, 5) is 0. The van der Waals surface area contributed by atoms with E-state index < -0.39 is 0 Å². The number of benzene rings is 2. The van der Waals surface area contributed by atoms with Crippen molar-refractivity contribution in [1.29, 1.82) is 0 Å². The third-order valence-corrected chi connectivity index (χ3v) is 6.08. The number of rotatable bonds is 9. The fourth-order valence-corrected chi connectivity index (χ4v) is 4.10. The van der Waals surface area contributed by atoms with Gasteiger partial charge in [-0.05, 0) is 29.8 Å². The van der Waals surface area contributed by atoms with Gasteiger partial charge in [-0.3, -0.25) is 4.57 Å². The van der Waals surface area contributed by atoms with Crippen LogP contribution in [0.1, 0.15) is 5.56 Å². The molecule has 0 saturated carbocycles. The zero-order chi connectivity index (χ0) is 21.7. The summed E-state index contributed by atoms with van der Waals surface area (Å²) in [6.45, 7) is 4.40. The molecule has 3 aromatic rings. The zero-order valence-electron chi connectivity index (χ0n) is 16.8. The first-order valence-electron chi connectivity index (χ1n) is 8.93. The molecule has 1 aromatic heterocycles. The number of ether oxygens (including phenoxy) is 3. The maximum Gasteiger partial charge on any atom is 0.203 e. The van der Waals surface area contributed by atoms with E-state index in [4.69, 9.17) is 37.4 Å². The molecule has 0 saturated heterocycles. The molecular formula is C21H21Cl2N3O3S. The highest BCUT2D eigenvalue weighted by molar-refractivity contribution is 7.98. The van der Waals surface area contributed by atoms with Crippen molar-refractivity contribution in [2.75, 3.05) is 21.3 Å². The van der Waals surface area contributed by atoms with Crippen LogP contribution in [0.3, 0.4) is 0 Å². The number of aromatic nitrogens is 3.